The van der Waals surface area contributed by atoms with Crippen molar-refractivity contribution in [2.45, 2.75) is 39.5 Å². The molecule has 0 atom stereocenters. The van der Waals surface area contributed by atoms with Gasteiger partial charge in [-0.25, -0.2) is 0 Å². The van der Waals surface area contributed by atoms with Crippen LogP contribution in [0.25, 0.3) is 0 Å². The average Bonchev–Trinajstić information content (AvgIpc) is 2.48. The molecule has 0 saturated heterocycles. The molecular formula is C18H22N2. The lowest BCUT2D eigenvalue weighted by atomic mass is 10.1. The summed E-state index contributed by atoms with van der Waals surface area (Å²) in [4.78, 5) is 0. The van der Waals surface area contributed by atoms with Gasteiger partial charge in [-0.2, -0.15) is 10.2 Å². The van der Waals surface area contributed by atoms with Crippen molar-refractivity contribution >= 4 is 11.4 Å². The fourth-order valence-corrected chi connectivity index (χ4v) is 2.04. The third-order valence-electron chi connectivity index (χ3n) is 3.32. The maximum atomic E-state index is 4.27. The molecule has 0 heterocycles. The Morgan fingerprint density at radius 3 is 1.85 bits per heavy atom. The van der Waals surface area contributed by atoms with E-state index < -0.39 is 0 Å². The van der Waals surface area contributed by atoms with Gasteiger partial charge in [-0.3, -0.25) is 0 Å². The van der Waals surface area contributed by atoms with Crippen LogP contribution < -0.4 is 0 Å². The van der Waals surface area contributed by atoms with Gasteiger partial charge in [0.15, 0.2) is 0 Å². The zero-order valence-electron chi connectivity index (χ0n) is 12.3. The van der Waals surface area contributed by atoms with Crippen LogP contribution in [0.5, 0.6) is 0 Å². The summed E-state index contributed by atoms with van der Waals surface area (Å²) in [5, 5.41) is 8.52. The number of benzene rings is 2. The summed E-state index contributed by atoms with van der Waals surface area (Å²) >= 11 is 0. The number of unbranched alkanes of at least 4 members (excludes halogenated alkanes) is 2. The molecule has 2 aromatic rings. The van der Waals surface area contributed by atoms with Crippen molar-refractivity contribution in [3.05, 3.63) is 59.7 Å². The zero-order valence-corrected chi connectivity index (χ0v) is 12.3. The van der Waals surface area contributed by atoms with Crippen molar-refractivity contribution in [2.24, 2.45) is 10.2 Å². The zero-order chi connectivity index (χ0) is 14.2. The molecule has 104 valence electrons. The van der Waals surface area contributed by atoms with E-state index in [1.807, 2.05) is 36.4 Å². The first kappa shape index (κ1) is 14.4. The van der Waals surface area contributed by atoms with Crippen LogP contribution in [-0.2, 0) is 6.42 Å². The predicted octanol–water partition coefficient (Wildman–Crippen LogP) is 6.14. The molecule has 0 N–H and O–H groups in total. The molecule has 0 radical (unpaired) electrons. The minimum absolute atomic E-state index is 0.891. The van der Waals surface area contributed by atoms with Gasteiger partial charge >= 0.3 is 0 Å². The first-order valence-corrected chi connectivity index (χ1v) is 7.35. The Balaban J connectivity index is 1.94. The third kappa shape index (κ3) is 4.61. The Kier molecular flexibility index (Phi) is 5.48. The van der Waals surface area contributed by atoms with Crippen LogP contribution in [0.4, 0.5) is 11.4 Å². The van der Waals surface area contributed by atoms with Crippen molar-refractivity contribution in [3.63, 3.8) is 0 Å². The average molecular weight is 266 g/mol. The molecule has 2 nitrogen and oxygen atoms in total. The molecular weight excluding hydrogens is 244 g/mol. The van der Waals surface area contributed by atoms with Gasteiger partial charge in [-0.15, -0.1) is 0 Å². The fourth-order valence-electron chi connectivity index (χ4n) is 2.04. The Labute approximate surface area is 121 Å². The van der Waals surface area contributed by atoms with Gasteiger partial charge in [0.2, 0.25) is 0 Å². The highest BCUT2D eigenvalue weighted by molar-refractivity contribution is 5.41. The van der Waals surface area contributed by atoms with E-state index >= 15 is 0 Å². The van der Waals surface area contributed by atoms with Gasteiger partial charge in [0.25, 0.3) is 0 Å². The highest BCUT2D eigenvalue weighted by Gasteiger charge is 1.95. The summed E-state index contributed by atoms with van der Waals surface area (Å²) < 4.78 is 0. The highest BCUT2D eigenvalue weighted by Crippen LogP contribution is 2.19. The second-order valence-electron chi connectivity index (χ2n) is 5.16. The Bertz CT molecular complexity index is 539. The third-order valence-corrected chi connectivity index (χ3v) is 3.32. The second-order valence-corrected chi connectivity index (χ2v) is 5.16. The Morgan fingerprint density at radius 1 is 0.750 bits per heavy atom. The summed E-state index contributed by atoms with van der Waals surface area (Å²) in [7, 11) is 0. The van der Waals surface area contributed by atoms with Gasteiger partial charge in [-0.1, -0.05) is 49.6 Å². The molecule has 0 aromatic heterocycles. The van der Waals surface area contributed by atoms with Crippen LogP contribution in [0.3, 0.4) is 0 Å². The summed E-state index contributed by atoms with van der Waals surface area (Å²) in [6.07, 6.45) is 4.99. The molecule has 2 aromatic carbocycles. The molecule has 0 fully saturated rings. The highest BCUT2D eigenvalue weighted by atomic mass is 15.1. The molecule has 0 saturated carbocycles. The van der Waals surface area contributed by atoms with E-state index in [2.05, 4.69) is 36.2 Å². The van der Waals surface area contributed by atoms with Crippen LogP contribution in [-0.4, -0.2) is 0 Å². The number of hydrogen-bond donors (Lipinski definition) is 0. The topological polar surface area (TPSA) is 24.7 Å². The molecule has 2 heteroatoms. The largest absolute Gasteiger partial charge is 0.151 e. The van der Waals surface area contributed by atoms with Gasteiger partial charge in [0.05, 0.1) is 11.4 Å². The van der Waals surface area contributed by atoms with Crippen molar-refractivity contribution < 1.29 is 0 Å². The molecule has 0 spiro atoms. The normalized spacial score (nSPS) is 11.1. The van der Waals surface area contributed by atoms with Gasteiger partial charge < -0.3 is 0 Å². The van der Waals surface area contributed by atoms with Gasteiger partial charge in [0, 0.05) is 0 Å². The summed E-state index contributed by atoms with van der Waals surface area (Å²) in [5.41, 5.74) is 4.42. The second kappa shape index (κ2) is 7.59. The van der Waals surface area contributed by atoms with Crippen molar-refractivity contribution in [1.82, 2.24) is 0 Å². The van der Waals surface area contributed by atoms with Crippen LogP contribution in [0.15, 0.2) is 58.8 Å². The minimum Gasteiger partial charge on any atom is -0.151 e. The first-order chi connectivity index (χ1) is 9.78. The van der Waals surface area contributed by atoms with Gasteiger partial charge in [0.1, 0.15) is 0 Å². The van der Waals surface area contributed by atoms with E-state index in [9.17, 15) is 0 Å². The van der Waals surface area contributed by atoms with E-state index in [4.69, 9.17) is 0 Å². The minimum atomic E-state index is 0.891. The van der Waals surface area contributed by atoms with Crippen LogP contribution >= 0.6 is 0 Å². The van der Waals surface area contributed by atoms with E-state index in [1.54, 1.807) is 0 Å². The van der Waals surface area contributed by atoms with Gasteiger partial charge in [-0.05, 0) is 49.6 Å². The van der Waals surface area contributed by atoms with Crippen LogP contribution in [0.1, 0.15) is 37.3 Å². The predicted molar refractivity (Wildman–Crippen MR) is 85.0 cm³/mol. The van der Waals surface area contributed by atoms with E-state index in [-0.39, 0.29) is 0 Å². The Morgan fingerprint density at radius 2 is 1.30 bits per heavy atom. The lowest BCUT2D eigenvalue weighted by Crippen LogP contribution is -1.83. The molecule has 20 heavy (non-hydrogen) atoms. The van der Waals surface area contributed by atoms with E-state index in [0.717, 1.165) is 17.8 Å². The Hall–Kier alpha value is -1.96. The molecule has 0 amide bonds. The molecule has 2 rings (SSSR count). The molecule has 0 aliphatic carbocycles. The van der Waals surface area contributed by atoms with Crippen LogP contribution in [0.2, 0.25) is 0 Å². The number of nitrogens with zero attached hydrogens (tertiary/aromatic N) is 2. The summed E-state index contributed by atoms with van der Waals surface area (Å²) in [6, 6.07) is 16.4. The standard InChI is InChI=1S/C18H22N2/c1-3-4-5-6-16-9-13-18(14-10-16)20-19-17-11-7-15(2)8-12-17/h7-14H,3-6H2,1-2H3. The molecule has 0 unspecified atom stereocenters. The SMILES string of the molecule is CCCCCc1ccc(N=Nc2ccc(C)cc2)cc1. The smallest absolute Gasteiger partial charge is 0.0857 e. The van der Waals surface area contributed by atoms with Crippen LogP contribution in [0, 0.1) is 6.92 Å². The quantitative estimate of drug-likeness (QED) is 0.443. The fraction of sp³-hybridized carbons (Fsp3) is 0.333. The first-order valence-electron chi connectivity index (χ1n) is 7.35. The van der Waals surface area contributed by atoms with E-state index in [1.165, 1.54) is 30.4 Å². The lowest BCUT2D eigenvalue weighted by molar-refractivity contribution is 0.717. The molecule has 0 bridgehead atoms. The number of rotatable bonds is 6. The summed E-state index contributed by atoms with van der Waals surface area (Å²) in [5.74, 6) is 0. The molecule has 0 aliphatic heterocycles. The lowest BCUT2D eigenvalue weighted by Gasteiger charge is -2.00. The van der Waals surface area contributed by atoms with Crippen molar-refractivity contribution in [3.8, 4) is 0 Å². The maximum Gasteiger partial charge on any atom is 0.0857 e. The van der Waals surface area contributed by atoms with E-state index in [0.29, 0.717) is 0 Å². The molecule has 0 aliphatic rings. The number of hydrogen-bond acceptors (Lipinski definition) is 2. The van der Waals surface area contributed by atoms with Crippen molar-refractivity contribution in [2.75, 3.05) is 0 Å². The van der Waals surface area contributed by atoms with Crippen molar-refractivity contribution in [1.29, 1.82) is 0 Å². The summed E-state index contributed by atoms with van der Waals surface area (Å²) in [6.45, 7) is 4.30. The maximum absolute atomic E-state index is 4.27. The number of aryl methyl sites for hydroxylation is 2. The number of azo groups is 1. The monoisotopic (exact) mass is 266 g/mol.